The van der Waals surface area contributed by atoms with E-state index in [9.17, 15) is 19.7 Å². The number of hydrogen-bond acceptors (Lipinski definition) is 7. The molecule has 3 aromatic rings. The highest BCUT2D eigenvalue weighted by Gasteiger charge is 2.24. The minimum atomic E-state index is -0.579. The molecular formula is C18H15N5O4S. The van der Waals surface area contributed by atoms with Crippen LogP contribution in [0.15, 0.2) is 36.4 Å². The van der Waals surface area contributed by atoms with Crippen LogP contribution in [-0.4, -0.2) is 50.0 Å². The second kappa shape index (κ2) is 7.31. The van der Waals surface area contributed by atoms with E-state index in [0.29, 0.717) is 24.2 Å². The van der Waals surface area contributed by atoms with Crippen molar-refractivity contribution >= 4 is 40.3 Å². The molecule has 0 unspecified atom stereocenters. The second-order valence-corrected chi connectivity index (χ2v) is 6.87. The fourth-order valence-corrected chi connectivity index (χ4v) is 3.77. The molecule has 2 amide bonds. The highest BCUT2D eigenvalue weighted by Crippen LogP contribution is 2.25. The van der Waals surface area contributed by atoms with Crippen LogP contribution in [0.5, 0.6) is 0 Å². The zero-order valence-electron chi connectivity index (χ0n) is 14.6. The quantitative estimate of drug-likeness (QED) is 0.520. The van der Waals surface area contributed by atoms with Gasteiger partial charge in [0.15, 0.2) is 5.52 Å². The third-order valence-electron chi connectivity index (χ3n) is 4.65. The highest BCUT2D eigenvalue weighted by atomic mass is 32.1. The van der Waals surface area contributed by atoms with Gasteiger partial charge in [-0.1, -0.05) is 18.2 Å². The summed E-state index contributed by atoms with van der Waals surface area (Å²) >= 11 is 0.856. The number of fused-ring (bicyclic) bond motifs is 2. The summed E-state index contributed by atoms with van der Waals surface area (Å²) in [4.78, 5) is 37.3. The molecule has 0 spiro atoms. The van der Waals surface area contributed by atoms with Crippen LogP contribution in [0.4, 0.5) is 5.69 Å². The molecule has 1 N–H and O–H groups in total. The molecule has 0 aliphatic carbocycles. The van der Waals surface area contributed by atoms with Gasteiger partial charge in [0.1, 0.15) is 5.52 Å². The zero-order chi connectivity index (χ0) is 19.7. The molecule has 1 aromatic heterocycles. The number of nitro benzene ring substituents is 1. The first-order chi connectivity index (χ1) is 13.5. The molecule has 0 radical (unpaired) electrons. The monoisotopic (exact) mass is 397 g/mol. The average molecular weight is 397 g/mol. The zero-order valence-corrected chi connectivity index (χ0v) is 15.4. The van der Waals surface area contributed by atoms with Crippen LogP contribution in [-0.2, 0) is 6.42 Å². The van der Waals surface area contributed by atoms with Gasteiger partial charge in [0.2, 0.25) is 0 Å². The lowest BCUT2D eigenvalue weighted by molar-refractivity contribution is -0.383. The minimum absolute atomic E-state index is 0.0540. The van der Waals surface area contributed by atoms with E-state index in [0.717, 1.165) is 23.7 Å². The number of carbonyl (C=O) groups is 2. The number of amides is 2. The molecule has 4 rings (SSSR count). The second-order valence-electron chi connectivity index (χ2n) is 6.34. The Hall–Kier alpha value is -3.40. The summed E-state index contributed by atoms with van der Waals surface area (Å²) in [6, 6.07) is 10.2. The third kappa shape index (κ3) is 3.29. The third-order valence-corrected chi connectivity index (χ3v) is 5.20. The largest absolute Gasteiger partial charge is 0.350 e. The molecule has 9 nitrogen and oxygen atoms in total. The Morgan fingerprint density at radius 2 is 2.11 bits per heavy atom. The van der Waals surface area contributed by atoms with E-state index in [-0.39, 0.29) is 29.2 Å². The van der Waals surface area contributed by atoms with Gasteiger partial charge >= 0.3 is 0 Å². The Labute approximate surface area is 163 Å². The van der Waals surface area contributed by atoms with Crippen LogP contribution in [0.1, 0.15) is 26.3 Å². The van der Waals surface area contributed by atoms with Crippen LogP contribution in [0.25, 0.3) is 11.0 Å². The SMILES string of the molecule is O=C(NCCN1CCc2ccccc2C1=O)c1cc([N+](=O)[O-])c2nsnc2c1. The molecule has 2 aromatic carbocycles. The van der Waals surface area contributed by atoms with E-state index in [1.54, 1.807) is 11.0 Å². The summed E-state index contributed by atoms with van der Waals surface area (Å²) < 4.78 is 7.89. The molecule has 2 heterocycles. The van der Waals surface area contributed by atoms with Gasteiger partial charge < -0.3 is 10.2 Å². The summed E-state index contributed by atoms with van der Waals surface area (Å²) in [5.74, 6) is -0.510. The fourth-order valence-electron chi connectivity index (χ4n) is 3.24. The molecular weight excluding hydrogens is 382 g/mol. The molecule has 0 saturated carbocycles. The number of non-ortho nitro benzene ring substituents is 1. The van der Waals surface area contributed by atoms with Gasteiger partial charge in [-0.3, -0.25) is 19.7 Å². The number of rotatable bonds is 5. The Bertz CT molecular complexity index is 1100. The smallest absolute Gasteiger partial charge is 0.299 e. The van der Waals surface area contributed by atoms with Gasteiger partial charge in [0.05, 0.1) is 16.7 Å². The number of hydrogen-bond donors (Lipinski definition) is 1. The molecule has 0 atom stereocenters. The lowest BCUT2D eigenvalue weighted by Crippen LogP contribution is -2.42. The minimum Gasteiger partial charge on any atom is -0.350 e. The van der Waals surface area contributed by atoms with Crippen LogP contribution in [0.2, 0.25) is 0 Å². The van der Waals surface area contributed by atoms with Gasteiger partial charge in [-0.2, -0.15) is 8.75 Å². The van der Waals surface area contributed by atoms with Crippen molar-refractivity contribution in [2.75, 3.05) is 19.6 Å². The molecule has 0 fully saturated rings. The normalized spacial score (nSPS) is 13.4. The van der Waals surface area contributed by atoms with Crippen LogP contribution >= 0.6 is 11.7 Å². The molecule has 142 valence electrons. The molecule has 1 aliphatic heterocycles. The number of aromatic nitrogens is 2. The summed E-state index contributed by atoms with van der Waals surface area (Å²) in [5, 5.41) is 13.9. The first-order valence-corrected chi connectivity index (χ1v) is 9.33. The van der Waals surface area contributed by atoms with Crippen LogP contribution < -0.4 is 5.32 Å². The van der Waals surface area contributed by atoms with Gasteiger partial charge in [-0.05, 0) is 24.1 Å². The fraction of sp³-hybridized carbons (Fsp3) is 0.222. The maximum absolute atomic E-state index is 12.5. The van der Waals surface area contributed by atoms with Gasteiger partial charge in [-0.25, -0.2) is 0 Å². The van der Waals surface area contributed by atoms with Gasteiger partial charge in [-0.15, -0.1) is 0 Å². The first kappa shape index (κ1) is 18.0. The standard InChI is InChI=1S/C18H15N5O4S/c24-17(12-9-14-16(21-28-20-14)15(10-12)23(26)27)19-6-8-22-7-5-11-3-1-2-4-13(11)18(22)25/h1-4,9-10H,5-8H2,(H,19,24). The van der Waals surface area contributed by atoms with Gasteiger partial charge in [0.25, 0.3) is 17.5 Å². The maximum Gasteiger partial charge on any atom is 0.299 e. The summed E-state index contributed by atoms with van der Waals surface area (Å²) in [6.07, 6.45) is 0.773. The van der Waals surface area contributed by atoms with E-state index in [4.69, 9.17) is 0 Å². The Morgan fingerprint density at radius 3 is 2.93 bits per heavy atom. The predicted octanol–water partition coefficient (Wildman–Crippen LogP) is 2.03. The number of nitrogens with one attached hydrogen (secondary N) is 1. The molecule has 1 aliphatic rings. The van der Waals surface area contributed by atoms with E-state index in [1.165, 1.54) is 12.1 Å². The van der Waals surface area contributed by atoms with Crippen molar-refractivity contribution in [3.8, 4) is 0 Å². The van der Waals surface area contributed by atoms with Crippen LogP contribution in [0.3, 0.4) is 0 Å². The lowest BCUT2D eigenvalue weighted by Gasteiger charge is -2.28. The molecule has 28 heavy (non-hydrogen) atoms. The Kier molecular flexibility index (Phi) is 4.70. The van der Waals surface area contributed by atoms with E-state index in [2.05, 4.69) is 14.1 Å². The molecule has 0 bridgehead atoms. The summed E-state index contributed by atoms with van der Waals surface area (Å²) in [5.41, 5.74) is 2.10. The number of nitrogens with zero attached hydrogens (tertiary/aromatic N) is 4. The summed E-state index contributed by atoms with van der Waals surface area (Å²) in [7, 11) is 0. The predicted molar refractivity (Wildman–Crippen MR) is 102 cm³/mol. The first-order valence-electron chi connectivity index (χ1n) is 8.60. The van der Waals surface area contributed by atoms with Crippen molar-refractivity contribution < 1.29 is 14.5 Å². The number of benzene rings is 2. The van der Waals surface area contributed by atoms with E-state index >= 15 is 0 Å². The van der Waals surface area contributed by atoms with Gasteiger partial charge in [0, 0.05) is 36.8 Å². The van der Waals surface area contributed by atoms with Crippen molar-refractivity contribution in [3.63, 3.8) is 0 Å². The van der Waals surface area contributed by atoms with Crippen molar-refractivity contribution in [2.45, 2.75) is 6.42 Å². The average Bonchev–Trinajstić information content (AvgIpc) is 3.17. The molecule has 10 heteroatoms. The van der Waals surface area contributed by atoms with Crippen molar-refractivity contribution in [3.05, 3.63) is 63.2 Å². The van der Waals surface area contributed by atoms with E-state index in [1.807, 2.05) is 18.2 Å². The maximum atomic E-state index is 12.5. The lowest BCUT2D eigenvalue weighted by atomic mass is 9.99. The highest BCUT2D eigenvalue weighted by molar-refractivity contribution is 7.00. The number of carbonyl (C=O) groups excluding carboxylic acids is 2. The topological polar surface area (TPSA) is 118 Å². The molecule has 0 saturated heterocycles. The number of nitro groups is 1. The Morgan fingerprint density at radius 1 is 1.29 bits per heavy atom. The van der Waals surface area contributed by atoms with Crippen molar-refractivity contribution in [1.82, 2.24) is 19.0 Å². The van der Waals surface area contributed by atoms with Crippen molar-refractivity contribution in [2.24, 2.45) is 0 Å². The Balaban J connectivity index is 1.42. The van der Waals surface area contributed by atoms with Crippen LogP contribution in [0, 0.1) is 10.1 Å². The van der Waals surface area contributed by atoms with E-state index < -0.39 is 10.8 Å². The van der Waals surface area contributed by atoms with Crippen molar-refractivity contribution in [1.29, 1.82) is 0 Å². The summed E-state index contributed by atoms with van der Waals surface area (Å²) in [6.45, 7) is 1.20.